The summed E-state index contributed by atoms with van der Waals surface area (Å²) in [7, 11) is 0. The molecule has 0 aromatic carbocycles. The van der Waals surface area contributed by atoms with Gasteiger partial charge in [0.1, 0.15) is 4.60 Å². The number of hydrogen-bond acceptors (Lipinski definition) is 3. The van der Waals surface area contributed by atoms with Crippen molar-refractivity contribution >= 4 is 21.8 Å². The van der Waals surface area contributed by atoms with Crippen molar-refractivity contribution in [2.24, 2.45) is 5.92 Å². The van der Waals surface area contributed by atoms with Crippen LogP contribution in [-0.4, -0.2) is 30.6 Å². The molecule has 1 saturated carbocycles. The molecular formula is C12H15BrN2O2. The van der Waals surface area contributed by atoms with Crippen LogP contribution in [0.1, 0.15) is 23.2 Å². The minimum absolute atomic E-state index is 0.125. The van der Waals surface area contributed by atoms with E-state index in [0.717, 1.165) is 12.5 Å². The van der Waals surface area contributed by atoms with Crippen LogP contribution < -0.4 is 5.32 Å². The number of carbonyl (C=O) groups excluding carboxylic acids is 1. The Morgan fingerprint density at radius 2 is 2.41 bits per heavy atom. The standard InChI is InChI=1S/C12H15BrN2O2/c13-11-10(2-1-5-14-11)12(16)15-6-7-17-8-9-3-4-9/h1-2,5,9H,3-4,6-8H2,(H,15,16). The van der Waals surface area contributed by atoms with E-state index < -0.39 is 0 Å². The van der Waals surface area contributed by atoms with Crippen molar-refractivity contribution in [1.29, 1.82) is 0 Å². The van der Waals surface area contributed by atoms with E-state index in [-0.39, 0.29) is 5.91 Å². The number of nitrogens with one attached hydrogen (secondary N) is 1. The van der Waals surface area contributed by atoms with E-state index in [0.29, 0.717) is 23.3 Å². The topological polar surface area (TPSA) is 51.2 Å². The maximum absolute atomic E-state index is 11.7. The van der Waals surface area contributed by atoms with Gasteiger partial charge in [-0.15, -0.1) is 0 Å². The van der Waals surface area contributed by atoms with E-state index >= 15 is 0 Å². The monoisotopic (exact) mass is 298 g/mol. The fourth-order valence-corrected chi connectivity index (χ4v) is 1.85. The van der Waals surface area contributed by atoms with Crippen molar-refractivity contribution in [2.75, 3.05) is 19.8 Å². The smallest absolute Gasteiger partial charge is 0.254 e. The summed E-state index contributed by atoms with van der Waals surface area (Å²) in [6.07, 6.45) is 4.21. The number of nitrogens with zero attached hydrogens (tertiary/aromatic N) is 1. The van der Waals surface area contributed by atoms with E-state index in [2.05, 4.69) is 26.2 Å². The zero-order chi connectivity index (χ0) is 12.1. The van der Waals surface area contributed by atoms with E-state index in [4.69, 9.17) is 4.74 Å². The number of hydrogen-bond donors (Lipinski definition) is 1. The van der Waals surface area contributed by atoms with Crippen LogP contribution in [0.15, 0.2) is 22.9 Å². The molecule has 4 nitrogen and oxygen atoms in total. The highest BCUT2D eigenvalue weighted by Gasteiger charge is 2.20. The van der Waals surface area contributed by atoms with Crippen LogP contribution in [0.4, 0.5) is 0 Å². The Balaban J connectivity index is 1.67. The quantitative estimate of drug-likeness (QED) is 0.645. The van der Waals surface area contributed by atoms with Crippen LogP contribution in [-0.2, 0) is 4.74 Å². The van der Waals surface area contributed by atoms with Crippen LogP contribution >= 0.6 is 15.9 Å². The molecule has 1 N–H and O–H groups in total. The van der Waals surface area contributed by atoms with Gasteiger partial charge in [0.2, 0.25) is 0 Å². The molecule has 0 bridgehead atoms. The summed E-state index contributed by atoms with van der Waals surface area (Å²) >= 11 is 3.24. The third-order valence-corrected chi connectivity index (χ3v) is 3.22. The van der Waals surface area contributed by atoms with Gasteiger partial charge in [-0.25, -0.2) is 4.98 Å². The zero-order valence-electron chi connectivity index (χ0n) is 9.49. The number of carbonyl (C=O) groups is 1. The van der Waals surface area contributed by atoms with Crippen LogP contribution in [0, 0.1) is 5.92 Å². The predicted octanol–water partition coefficient (Wildman–Crippen LogP) is 2.00. The van der Waals surface area contributed by atoms with Crippen molar-refractivity contribution in [3.05, 3.63) is 28.5 Å². The summed E-state index contributed by atoms with van der Waals surface area (Å²) in [5.74, 6) is 0.637. The number of ether oxygens (including phenoxy) is 1. The molecule has 0 unspecified atom stereocenters. The number of rotatable bonds is 6. The van der Waals surface area contributed by atoms with Gasteiger partial charge in [-0.2, -0.15) is 0 Å². The molecule has 1 amide bonds. The average Bonchev–Trinajstić information content (AvgIpc) is 3.13. The Morgan fingerprint density at radius 1 is 1.59 bits per heavy atom. The van der Waals surface area contributed by atoms with E-state index in [9.17, 15) is 4.79 Å². The SMILES string of the molecule is O=C(NCCOCC1CC1)c1cccnc1Br. The summed E-state index contributed by atoms with van der Waals surface area (Å²) in [5.41, 5.74) is 0.551. The summed E-state index contributed by atoms with van der Waals surface area (Å²) in [5, 5.41) is 2.80. The highest BCUT2D eigenvalue weighted by Crippen LogP contribution is 2.28. The maximum Gasteiger partial charge on any atom is 0.254 e. The molecule has 1 aromatic rings. The molecule has 0 atom stereocenters. The first-order valence-corrected chi connectivity index (χ1v) is 6.53. The van der Waals surface area contributed by atoms with Gasteiger partial charge in [-0.3, -0.25) is 4.79 Å². The fourth-order valence-electron chi connectivity index (χ4n) is 1.42. The van der Waals surface area contributed by atoms with Gasteiger partial charge >= 0.3 is 0 Å². The second kappa shape index (κ2) is 6.12. The molecular weight excluding hydrogens is 284 g/mol. The fraction of sp³-hybridized carbons (Fsp3) is 0.500. The van der Waals surface area contributed by atoms with Crippen molar-refractivity contribution in [1.82, 2.24) is 10.3 Å². The maximum atomic E-state index is 11.7. The molecule has 0 saturated heterocycles. The average molecular weight is 299 g/mol. The highest BCUT2D eigenvalue weighted by molar-refractivity contribution is 9.10. The summed E-state index contributed by atoms with van der Waals surface area (Å²) in [6, 6.07) is 3.47. The second-order valence-corrected chi connectivity index (χ2v) is 4.87. The minimum atomic E-state index is -0.125. The van der Waals surface area contributed by atoms with Gasteiger partial charge in [0, 0.05) is 19.3 Å². The van der Waals surface area contributed by atoms with Gasteiger partial charge in [-0.05, 0) is 46.8 Å². The van der Waals surface area contributed by atoms with Crippen LogP contribution in [0.3, 0.4) is 0 Å². The Labute approximate surface area is 109 Å². The van der Waals surface area contributed by atoms with Crippen molar-refractivity contribution < 1.29 is 9.53 Å². The van der Waals surface area contributed by atoms with Crippen LogP contribution in [0.5, 0.6) is 0 Å². The van der Waals surface area contributed by atoms with Crippen LogP contribution in [0.25, 0.3) is 0 Å². The molecule has 92 valence electrons. The second-order valence-electron chi connectivity index (χ2n) is 4.12. The number of halogens is 1. The van der Waals surface area contributed by atoms with Gasteiger partial charge in [0.25, 0.3) is 5.91 Å². The normalized spacial score (nSPS) is 14.6. The van der Waals surface area contributed by atoms with Gasteiger partial charge in [0.15, 0.2) is 0 Å². The molecule has 1 aliphatic carbocycles. The molecule has 1 aromatic heterocycles. The molecule has 17 heavy (non-hydrogen) atoms. The van der Waals surface area contributed by atoms with Crippen molar-refractivity contribution in [3.8, 4) is 0 Å². The van der Waals surface area contributed by atoms with Gasteiger partial charge in [-0.1, -0.05) is 0 Å². The lowest BCUT2D eigenvalue weighted by Crippen LogP contribution is -2.27. The van der Waals surface area contributed by atoms with Crippen LogP contribution in [0.2, 0.25) is 0 Å². The zero-order valence-corrected chi connectivity index (χ0v) is 11.1. The Kier molecular flexibility index (Phi) is 4.50. The first-order chi connectivity index (χ1) is 8.27. The Hall–Kier alpha value is -0.940. The molecule has 0 aliphatic heterocycles. The van der Waals surface area contributed by atoms with Gasteiger partial charge in [0.05, 0.1) is 12.2 Å². The molecule has 1 aliphatic rings. The number of aromatic nitrogens is 1. The lowest BCUT2D eigenvalue weighted by Gasteiger charge is -2.06. The third-order valence-electron chi connectivity index (χ3n) is 2.59. The molecule has 0 radical (unpaired) electrons. The van der Waals surface area contributed by atoms with E-state index in [1.54, 1.807) is 18.3 Å². The van der Waals surface area contributed by atoms with E-state index in [1.807, 2.05) is 0 Å². The first kappa shape index (κ1) is 12.5. The van der Waals surface area contributed by atoms with E-state index in [1.165, 1.54) is 12.8 Å². The Bertz CT molecular complexity index is 394. The molecule has 1 fully saturated rings. The Morgan fingerprint density at radius 3 is 3.12 bits per heavy atom. The molecule has 0 spiro atoms. The van der Waals surface area contributed by atoms with Gasteiger partial charge < -0.3 is 10.1 Å². The third kappa shape index (κ3) is 4.09. The predicted molar refractivity (Wildman–Crippen MR) is 67.8 cm³/mol. The summed E-state index contributed by atoms with van der Waals surface area (Å²) in [4.78, 5) is 15.7. The lowest BCUT2D eigenvalue weighted by molar-refractivity contribution is 0.0905. The largest absolute Gasteiger partial charge is 0.379 e. The molecule has 5 heteroatoms. The van der Waals surface area contributed by atoms with Crippen molar-refractivity contribution in [3.63, 3.8) is 0 Å². The number of pyridine rings is 1. The highest BCUT2D eigenvalue weighted by atomic mass is 79.9. The minimum Gasteiger partial charge on any atom is -0.379 e. The molecule has 2 rings (SSSR count). The number of amides is 1. The molecule has 1 heterocycles. The lowest BCUT2D eigenvalue weighted by atomic mass is 10.3. The van der Waals surface area contributed by atoms with Crippen molar-refractivity contribution in [2.45, 2.75) is 12.8 Å². The summed E-state index contributed by atoms with van der Waals surface area (Å²) < 4.78 is 6.00. The summed E-state index contributed by atoms with van der Waals surface area (Å²) in [6.45, 7) is 1.93. The first-order valence-electron chi connectivity index (χ1n) is 5.74.